The Morgan fingerprint density at radius 2 is 1.85 bits per heavy atom. The summed E-state index contributed by atoms with van der Waals surface area (Å²) < 4.78 is 5.46. The van der Waals surface area contributed by atoms with E-state index in [1.165, 1.54) is 4.90 Å². The van der Waals surface area contributed by atoms with Crippen LogP contribution >= 0.6 is 0 Å². The highest BCUT2D eigenvalue weighted by molar-refractivity contribution is 6.04. The van der Waals surface area contributed by atoms with Crippen molar-refractivity contribution in [1.82, 2.24) is 9.80 Å². The molecule has 2 aliphatic heterocycles. The van der Waals surface area contributed by atoms with E-state index in [4.69, 9.17) is 4.74 Å². The molecule has 0 spiro atoms. The average Bonchev–Trinajstić information content (AvgIpc) is 2.69. The van der Waals surface area contributed by atoms with E-state index in [-0.39, 0.29) is 30.7 Å². The highest BCUT2D eigenvalue weighted by Gasteiger charge is 2.30. The molecule has 0 atom stereocenters. The molecule has 0 radical (unpaired) electrons. The highest BCUT2D eigenvalue weighted by atomic mass is 16.5. The number of ether oxygens (including phenoxy) is 1. The summed E-state index contributed by atoms with van der Waals surface area (Å²) in [5, 5.41) is 0. The van der Waals surface area contributed by atoms with E-state index in [1.54, 1.807) is 30.0 Å². The second-order valence-corrected chi connectivity index (χ2v) is 6.54. The molecule has 2 heterocycles. The third-order valence-electron chi connectivity index (χ3n) is 5.01. The Labute approximate surface area is 153 Å². The van der Waals surface area contributed by atoms with Crippen LogP contribution in [-0.2, 0) is 9.59 Å². The van der Waals surface area contributed by atoms with Gasteiger partial charge in [0, 0.05) is 38.2 Å². The van der Waals surface area contributed by atoms with Gasteiger partial charge in [-0.05, 0) is 24.7 Å². The number of rotatable bonds is 5. The van der Waals surface area contributed by atoms with Gasteiger partial charge in [-0.3, -0.25) is 19.3 Å². The first-order valence-electron chi connectivity index (χ1n) is 9.14. The molecule has 1 aromatic rings. The number of Topliss-reactive ketones (excluding diaryl/α,β-unsaturated/α-hetero) is 1. The zero-order chi connectivity index (χ0) is 18.7. The van der Waals surface area contributed by atoms with Gasteiger partial charge in [0.05, 0.1) is 5.69 Å². The molecule has 1 aromatic carbocycles. The Kier molecular flexibility index (Phi) is 5.56. The van der Waals surface area contributed by atoms with E-state index in [0.717, 1.165) is 19.6 Å². The maximum atomic E-state index is 12.7. The number of carbonyl (C=O) groups is 3. The van der Waals surface area contributed by atoms with Gasteiger partial charge in [-0.1, -0.05) is 13.8 Å². The molecule has 26 heavy (non-hydrogen) atoms. The maximum Gasteiger partial charge on any atom is 0.265 e. The number of likely N-dealkylation sites (N-methyl/N-ethyl adjacent to an activating group) is 1. The van der Waals surface area contributed by atoms with Crippen LogP contribution in [-0.4, -0.2) is 73.3 Å². The number of carbonyl (C=O) groups excluding carboxylic acids is 3. The van der Waals surface area contributed by atoms with Crippen LogP contribution in [0, 0.1) is 0 Å². The van der Waals surface area contributed by atoms with E-state index >= 15 is 0 Å². The maximum absolute atomic E-state index is 12.7. The Morgan fingerprint density at radius 1 is 1.12 bits per heavy atom. The minimum atomic E-state index is -0.265. The van der Waals surface area contributed by atoms with E-state index in [0.29, 0.717) is 36.5 Å². The molecule has 1 saturated heterocycles. The summed E-state index contributed by atoms with van der Waals surface area (Å²) in [7, 11) is 0. The number of hydrogen-bond donors (Lipinski definition) is 0. The van der Waals surface area contributed by atoms with Crippen molar-refractivity contribution in [3.05, 3.63) is 23.8 Å². The van der Waals surface area contributed by atoms with Crippen LogP contribution in [0.25, 0.3) is 0 Å². The van der Waals surface area contributed by atoms with Crippen molar-refractivity contribution >= 4 is 23.3 Å². The summed E-state index contributed by atoms with van der Waals surface area (Å²) in [5.74, 6) is 0.182. The van der Waals surface area contributed by atoms with Gasteiger partial charge >= 0.3 is 0 Å². The minimum Gasteiger partial charge on any atom is -0.482 e. The lowest BCUT2D eigenvalue weighted by Crippen LogP contribution is -2.52. The SMILES string of the molecule is CCC(=O)c1ccc2c(c1)N(CC(=O)N1CCN(CC)CC1)C(=O)CO2. The monoisotopic (exact) mass is 359 g/mol. The molecule has 0 bridgehead atoms. The largest absolute Gasteiger partial charge is 0.482 e. The van der Waals surface area contributed by atoms with Gasteiger partial charge in [-0.15, -0.1) is 0 Å². The lowest BCUT2D eigenvalue weighted by atomic mass is 10.1. The third-order valence-corrected chi connectivity index (χ3v) is 5.01. The fourth-order valence-corrected chi connectivity index (χ4v) is 3.30. The first kappa shape index (κ1) is 18.4. The normalized spacial score (nSPS) is 17.7. The van der Waals surface area contributed by atoms with Crippen molar-refractivity contribution in [3.8, 4) is 5.75 Å². The molecule has 3 rings (SSSR count). The van der Waals surface area contributed by atoms with Crippen molar-refractivity contribution in [2.45, 2.75) is 20.3 Å². The van der Waals surface area contributed by atoms with Crippen LogP contribution in [0.1, 0.15) is 30.6 Å². The minimum absolute atomic E-state index is 0.00668. The Hall–Kier alpha value is -2.41. The highest BCUT2D eigenvalue weighted by Crippen LogP contribution is 2.33. The van der Waals surface area contributed by atoms with Gasteiger partial charge in [-0.25, -0.2) is 0 Å². The number of nitrogens with zero attached hydrogens (tertiary/aromatic N) is 3. The predicted molar refractivity (Wildman–Crippen MR) is 97.6 cm³/mol. The van der Waals surface area contributed by atoms with E-state index in [2.05, 4.69) is 11.8 Å². The fourth-order valence-electron chi connectivity index (χ4n) is 3.30. The number of ketones is 1. The fraction of sp³-hybridized carbons (Fsp3) is 0.526. The van der Waals surface area contributed by atoms with Crippen LogP contribution in [0.2, 0.25) is 0 Å². The third kappa shape index (κ3) is 3.72. The zero-order valence-electron chi connectivity index (χ0n) is 15.4. The topological polar surface area (TPSA) is 70.2 Å². The lowest BCUT2D eigenvalue weighted by Gasteiger charge is -2.36. The van der Waals surface area contributed by atoms with Gasteiger partial charge < -0.3 is 14.5 Å². The molecule has 7 heteroatoms. The number of amides is 2. The van der Waals surface area contributed by atoms with Crippen molar-refractivity contribution in [1.29, 1.82) is 0 Å². The molecule has 0 saturated carbocycles. The number of anilines is 1. The number of hydrogen-bond acceptors (Lipinski definition) is 5. The first-order chi connectivity index (χ1) is 12.5. The van der Waals surface area contributed by atoms with Crippen LogP contribution in [0.4, 0.5) is 5.69 Å². The number of benzene rings is 1. The van der Waals surface area contributed by atoms with Crippen molar-refractivity contribution < 1.29 is 19.1 Å². The van der Waals surface area contributed by atoms with Gasteiger partial charge in [0.25, 0.3) is 5.91 Å². The van der Waals surface area contributed by atoms with Crippen LogP contribution in [0.3, 0.4) is 0 Å². The first-order valence-corrected chi connectivity index (χ1v) is 9.14. The second kappa shape index (κ2) is 7.86. The van der Waals surface area contributed by atoms with Crippen molar-refractivity contribution in [2.75, 3.05) is 50.8 Å². The summed E-state index contributed by atoms with van der Waals surface area (Å²) in [4.78, 5) is 42.6. The van der Waals surface area contributed by atoms with Crippen molar-refractivity contribution in [3.63, 3.8) is 0 Å². The summed E-state index contributed by atoms with van der Waals surface area (Å²) in [6, 6.07) is 5.05. The molecule has 2 aliphatic rings. The molecule has 140 valence electrons. The summed E-state index contributed by atoms with van der Waals surface area (Å²) in [6.45, 7) is 7.81. The van der Waals surface area contributed by atoms with Crippen LogP contribution in [0.15, 0.2) is 18.2 Å². The Balaban J connectivity index is 1.77. The van der Waals surface area contributed by atoms with Gasteiger partial charge in [0.1, 0.15) is 12.3 Å². The molecule has 1 fully saturated rings. The summed E-state index contributed by atoms with van der Waals surface area (Å²) >= 11 is 0. The molecule has 0 N–H and O–H groups in total. The van der Waals surface area contributed by atoms with E-state index in [9.17, 15) is 14.4 Å². The Bertz CT molecular complexity index is 711. The van der Waals surface area contributed by atoms with Gasteiger partial charge in [0.2, 0.25) is 5.91 Å². The summed E-state index contributed by atoms with van der Waals surface area (Å²) in [5.41, 5.74) is 1.03. The smallest absolute Gasteiger partial charge is 0.265 e. The summed E-state index contributed by atoms with van der Waals surface area (Å²) in [6.07, 6.45) is 0.383. The van der Waals surface area contributed by atoms with Gasteiger partial charge in [-0.2, -0.15) is 0 Å². The standard InChI is InChI=1S/C19H25N3O4/c1-3-16(23)14-5-6-17-15(11-14)22(19(25)13-26-17)12-18(24)21-9-7-20(4-2)8-10-21/h5-6,11H,3-4,7-10,12-13H2,1-2H3. The van der Waals surface area contributed by atoms with Crippen LogP contribution < -0.4 is 9.64 Å². The molecule has 0 unspecified atom stereocenters. The average molecular weight is 359 g/mol. The van der Waals surface area contributed by atoms with Gasteiger partial charge in [0.15, 0.2) is 12.4 Å². The molecule has 2 amide bonds. The van der Waals surface area contributed by atoms with Crippen LogP contribution in [0.5, 0.6) is 5.75 Å². The van der Waals surface area contributed by atoms with Crippen molar-refractivity contribution in [2.24, 2.45) is 0 Å². The number of piperazine rings is 1. The molecular weight excluding hydrogens is 334 g/mol. The predicted octanol–water partition coefficient (Wildman–Crippen LogP) is 1.17. The zero-order valence-corrected chi connectivity index (χ0v) is 15.4. The second-order valence-electron chi connectivity index (χ2n) is 6.54. The van der Waals surface area contributed by atoms with E-state index < -0.39 is 0 Å². The number of fused-ring (bicyclic) bond motifs is 1. The Morgan fingerprint density at radius 3 is 2.50 bits per heavy atom. The quantitative estimate of drug-likeness (QED) is 0.738. The van der Waals surface area contributed by atoms with E-state index in [1.807, 2.05) is 0 Å². The molecule has 7 nitrogen and oxygen atoms in total. The molecule has 0 aliphatic carbocycles. The lowest BCUT2D eigenvalue weighted by molar-refractivity contribution is -0.133. The molecule has 0 aromatic heterocycles. The molecular formula is C19H25N3O4.